The number of nitrogens with zero attached hydrogens (tertiary/aromatic N) is 1. The van der Waals surface area contributed by atoms with E-state index >= 15 is 0 Å². The van der Waals surface area contributed by atoms with Crippen LogP contribution in [0.4, 0.5) is 0 Å². The summed E-state index contributed by atoms with van der Waals surface area (Å²) in [4.78, 5) is 25.9. The third kappa shape index (κ3) is 4.44. The van der Waals surface area contributed by atoms with Crippen LogP contribution in [0.1, 0.15) is 17.3 Å². The average molecular weight is 340 g/mol. The van der Waals surface area contributed by atoms with Gasteiger partial charge in [0.1, 0.15) is 11.8 Å². The fourth-order valence-electron chi connectivity index (χ4n) is 2.31. The van der Waals surface area contributed by atoms with E-state index in [0.29, 0.717) is 11.3 Å². The Morgan fingerprint density at radius 3 is 2.52 bits per heavy atom. The highest BCUT2D eigenvalue weighted by molar-refractivity contribution is 7.91. The molecule has 1 aromatic carbocycles. The molecule has 1 heterocycles. The summed E-state index contributed by atoms with van der Waals surface area (Å²) in [7, 11) is -1.54. The van der Waals surface area contributed by atoms with Crippen LogP contribution >= 0.6 is 0 Å². The van der Waals surface area contributed by atoms with Crippen LogP contribution in [0.2, 0.25) is 0 Å². The molecule has 1 unspecified atom stereocenters. The van der Waals surface area contributed by atoms with Gasteiger partial charge in [0, 0.05) is 18.7 Å². The third-order valence-electron chi connectivity index (χ3n) is 3.71. The second kappa shape index (κ2) is 6.99. The van der Waals surface area contributed by atoms with E-state index in [4.69, 9.17) is 4.74 Å². The first-order valence-electron chi connectivity index (χ1n) is 7.26. The van der Waals surface area contributed by atoms with E-state index in [9.17, 15) is 18.0 Å². The number of benzene rings is 1. The van der Waals surface area contributed by atoms with E-state index in [0.717, 1.165) is 0 Å². The van der Waals surface area contributed by atoms with Crippen LogP contribution in [0, 0.1) is 0 Å². The summed E-state index contributed by atoms with van der Waals surface area (Å²) in [6, 6.07) is 5.90. The van der Waals surface area contributed by atoms with Gasteiger partial charge in [-0.3, -0.25) is 9.59 Å². The van der Waals surface area contributed by atoms with Gasteiger partial charge in [0.2, 0.25) is 5.91 Å². The number of ether oxygens (including phenoxy) is 1. The molecular weight excluding hydrogens is 320 g/mol. The summed E-state index contributed by atoms with van der Waals surface area (Å²) >= 11 is 0. The zero-order valence-corrected chi connectivity index (χ0v) is 13.9. The number of hydrogen-bond donors (Lipinski definition) is 1. The minimum absolute atomic E-state index is 0.0324. The van der Waals surface area contributed by atoms with Crippen LogP contribution < -0.4 is 10.1 Å². The van der Waals surface area contributed by atoms with E-state index in [1.54, 1.807) is 31.2 Å². The number of amides is 2. The standard InChI is InChI=1S/C15H20N2O5S/c1-11(15(19)17-6-8-23(20,21)9-7-17)16-14(18)12-4-3-5-13(10-12)22-2/h3-5,10-11H,6-9H2,1-2H3,(H,16,18). The van der Waals surface area contributed by atoms with Crippen molar-refractivity contribution in [3.63, 3.8) is 0 Å². The molecule has 126 valence electrons. The van der Waals surface area contributed by atoms with Gasteiger partial charge in [-0.2, -0.15) is 0 Å². The van der Waals surface area contributed by atoms with Gasteiger partial charge in [0.15, 0.2) is 9.84 Å². The highest BCUT2D eigenvalue weighted by Crippen LogP contribution is 2.13. The van der Waals surface area contributed by atoms with Crippen molar-refractivity contribution in [3.05, 3.63) is 29.8 Å². The first-order valence-corrected chi connectivity index (χ1v) is 9.08. The molecule has 23 heavy (non-hydrogen) atoms. The lowest BCUT2D eigenvalue weighted by molar-refractivity contribution is -0.132. The lowest BCUT2D eigenvalue weighted by Gasteiger charge is -2.29. The van der Waals surface area contributed by atoms with E-state index in [1.165, 1.54) is 12.0 Å². The van der Waals surface area contributed by atoms with Crippen LogP contribution in [0.25, 0.3) is 0 Å². The van der Waals surface area contributed by atoms with Crippen molar-refractivity contribution in [1.82, 2.24) is 10.2 Å². The molecule has 0 radical (unpaired) electrons. The monoisotopic (exact) mass is 340 g/mol. The van der Waals surface area contributed by atoms with E-state index in [1.807, 2.05) is 0 Å². The van der Waals surface area contributed by atoms with Gasteiger partial charge < -0.3 is 15.0 Å². The van der Waals surface area contributed by atoms with Crippen molar-refractivity contribution in [1.29, 1.82) is 0 Å². The molecule has 0 aliphatic carbocycles. The zero-order valence-electron chi connectivity index (χ0n) is 13.1. The maximum Gasteiger partial charge on any atom is 0.252 e. The third-order valence-corrected chi connectivity index (χ3v) is 5.32. The minimum atomic E-state index is -3.04. The molecule has 1 saturated heterocycles. The fourth-order valence-corrected chi connectivity index (χ4v) is 3.51. The Labute approximate surface area is 135 Å². The predicted octanol–water partition coefficient (Wildman–Crippen LogP) is 0.0705. The molecule has 0 bridgehead atoms. The average Bonchev–Trinajstić information content (AvgIpc) is 2.54. The number of hydrogen-bond acceptors (Lipinski definition) is 5. The summed E-state index contributed by atoms with van der Waals surface area (Å²) in [5, 5.41) is 2.63. The number of carbonyl (C=O) groups is 2. The highest BCUT2D eigenvalue weighted by atomic mass is 32.2. The Kier molecular flexibility index (Phi) is 5.25. The topological polar surface area (TPSA) is 92.8 Å². The summed E-state index contributed by atoms with van der Waals surface area (Å²) in [5.41, 5.74) is 0.394. The van der Waals surface area contributed by atoms with Crippen LogP contribution in [0.5, 0.6) is 5.75 Å². The summed E-state index contributed by atoms with van der Waals surface area (Å²) in [5.74, 6) is -0.173. The molecule has 2 amide bonds. The number of carbonyl (C=O) groups excluding carboxylic acids is 2. The van der Waals surface area contributed by atoms with Crippen LogP contribution in [-0.4, -0.2) is 62.9 Å². The van der Waals surface area contributed by atoms with Crippen LogP contribution in [-0.2, 0) is 14.6 Å². The number of nitrogens with one attached hydrogen (secondary N) is 1. The summed E-state index contributed by atoms with van der Waals surface area (Å²) in [6.07, 6.45) is 0. The van der Waals surface area contributed by atoms with Gasteiger partial charge in [-0.05, 0) is 25.1 Å². The molecule has 1 aromatic rings. The van der Waals surface area contributed by atoms with Gasteiger partial charge >= 0.3 is 0 Å². The second-order valence-corrected chi connectivity index (χ2v) is 7.71. The molecule has 7 nitrogen and oxygen atoms in total. The van der Waals surface area contributed by atoms with Gasteiger partial charge in [-0.25, -0.2) is 8.42 Å². The normalized spacial score (nSPS) is 18.1. The molecule has 1 fully saturated rings. The fraction of sp³-hybridized carbons (Fsp3) is 0.467. The Balaban J connectivity index is 1.96. The van der Waals surface area contributed by atoms with Gasteiger partial charge in [0.25, 0.3) is 5.91 Å². The Hall–Kier alpha value is -2.09. The second-order valence-electron chi connectivity index (χ2n) is 5.40. The first-order chi connectivity index (χ1) is 10.8. The molecule has 0 spiro atoms. The van der Waals surface area contributed by atoms with Gasteiger partial charge in [-0.15, -0.1) is 0 Å². The Bertz CT molecular complexity index is 688. The minimum Gasteiger partial charge on any atom is -0.497 e. The molecule has 0 saturated carbocycles. The first kappa shape index (κ1) is 17.3. The van der Waals surface area contributed by atoms with Crippen molar-refractivity contribution in [2.24, 2.45) is 0 Å². The largest absolute Gasteiger partial charge is 0.497 e. The lowest BCUT2D eigenvalue weighted by atomic mass is 10.2. The van der Waals surface area contributed by atoms with Crippen molar-refractivity contribution in [2.75, 3.05) is 31.7 Å². The SMILES string of the molecule is COc1cccc(C(=O)NC(C)C(=O)N2CCS(=O)(=O)CC2)c1. The van der Waals surface area contributed by atoms with Gasteiger partial charge in [-0.1, -0.05) is 6.07 Å². The van der Waals surface area contributed by atoms with Crippen LogP contribution in [0.15, 0.2) is 24.3 Å². The molecule has 1 aliphatic rings. The zero-order chi connectivity index (χ0) is 17.0. The smallest absolute Gasteiger partial charge is 0.252 e. The summed E-state index contributed by atoms with van der Waals surface area (Å²) in [6.45, 7) is 1.92. The molecule has 8 heteroatoms. The van der Waals surface area contributed by atoms with Crippen molar-refractivity contribution < 1.29 is 22.7 Å². The van der Waals surface area contributed by atoms with E-state index in [2.05, 4.69) is 5.32 Å². The van der Waals surface area contributed by atoms with E-state index in [-0.39, 0.29) is 36.4 Å². The number of rotatable bonds is 4. The lowest BCUT2D eigenvalue weighted by Crippen LogP contribution is -2.51. The summed E-state index contributed by atoms with van der Waals surface area (Å²) < 4.78 is 27.8. The molecule has 1 aliphatic heterocycles. The Morgan fingerprint density at radius 2 is 1.91 bits per heavy atom. The predicted molar refractivity (Wildman–Crippen MR) is 85.2 cm³/mol. The maximum atomic E-state index is 12.3. The number of sulfone groups is 1. The molecule has 1 atom stereocenters. The quantitative estimate of drug-likeness (QED) is 0.837. The maximum absolute atomic E-state index is 12.3. The molecule has 0 aromatic heterocycles. The Morgan fingerprint density at radius 1 is 1.26 bits per heavy atom. The van der Waals surface area contributed by atoms with E-state index < -0.39 is 15.9 Å². The van der Waals surface area contributed by atoms with Crippen molar-refractivity contribution in [3.8, 4) is 5.75 Å². The highest BCUT2D eigenvalue weighted by Gasteiger charge is 2.28. The molecule has 1 N–H and O–H groups in total. The number of methoxy groups -OCH3 is 1. The molecule has 2 rings (SSSR count). The van der Waals surface area contributed by atoms with Crippen molar-refractivity contribution in [2.45, 2.75) is 13.0 Å². The van der Waals surface area contributed by atoms with Crippen molar-refractivity contribution >= 4 is 21.7 Å². The van der Waals surface area contributed by atoms with Crippen LogP contribution in [0.3, 0.4) is 0 Å². The van der Waals surface area contributed by atoms with Gasteiger partial charge in [0.05, 0.1) is 18.6 Å². The molecular formula is C15H20N2O5S.